The Labute approximate surface area is 190 Å². The van der Waals surface area contributed by atoms with Crippen LogP contribution >= 0.6 is 11.6 Å². The molecule has 0 bridgehead atoms. The highest BCUT2D eigenvalue weighted by Gasteiger charge is 2.35. The van der Waals surface area contributed by atoms with Crippen molar-refractivity contribution < 1.29 is 13.9 Å². The molecule has 5 rings (SSSR count). The van der Waals surface area contributed by atoms with E-state index in [9.17, 15) is 4.79 Å². The molecule has 0 saturated heterocycles. The molecule has 1 aliphatic rings. The van der Waals surface area contributed by atoms with Gasteiger partial charge in [0.2, 0.25) is 0 Å². The van der Waals surface area contributed by atoms with Crippen LogP contribution in [0.5, 0.6) is 5.75 Å². The number of aromatic nitrogens is 2. The van der Waals surface area contributed by atoms with E-state index in [1.807, 2.05) is 38.4 Å². The smallest absolute Gasteiger partial charge is 0.274 e. The molecule has 1 radical (unpaired) electrons. The second-order valence-corrected chi connectivity index (χ2v) is 8.66. The second kappa shape index (κ2) is 8.15. The molecule has 1 aliphatic heterocycles. The number of ether oxygens (including phenoxy) is 1. The molecule has 1 N–H and O–H groups in total. The highest BCUT2D eigenvalue weighted by Crippen LogP contribution is 2.42. The fourth-order valence-electron chi connectivity index (χ4n) is 4.20. The maximum atomic E-state index is 13.5. The first-order valence-corrected chi connectivity index (χ1v) is 11.1. The summed E-state index contributed by atoms with van der Waals surface area (Å²) in [6.45, 7) is 3.73. The Kier molecular flexibility index (Phi) is 5.31. The zero-order chi connectivity index (χ0) is 22.4. The summed E-state index contributed by atoms with van der Waals surface area (Å²) >= 11 is 6.27. The number of hydrogen-bond donors (Lipinski definition) is 1. The SMILES string of the molecule is Cc1nc2c3c(c[c]c2o1)N(C(=O)c1cc2cc(OCCN(C)C)ccc2[nH]1)CC3CCl. The molecule has 2 aromatic carbocycles. The molecular weight excluding hydrogens is 428 g/mol. The lowest BCUT2D eigenvalue weighted by Gasteiger charge is -2.16. The molecule has 0 fully saturated rings. The predicted octanol–water partition coefficient (Wildman–Crippen LogP) is 4.34. The fourth-order valence-corrected chi connectivity index (χ4v) is 4.45. The molecule has 1 atom stereocenters. The van der Waals surface area contributed by atoms with E-state index in [0.29, 0.717) is 36.2 Å². The number of alkyl halides is 1. The molecule has 0 spiro atoms. The van der Waals surface area contributed by atoms with Gasteiger partial charge in [-0.05, 0) is 44.4 Å². The molecule has 1 unspecified atom stereocenters. The Bertz CT molecular complexity index is 1310. The average molecular weight is 452 g/mol. The molecule has 7 nitrogen and oxygen atoms in total. The lowest BCUT2D eigenvalue weighted by Crippen LogP contribution is -2.30. The number of nitrogens with one attached hydrogen (secondary N) is 1. The van der Waals surface area contributed by atoms with Gasteiger partial charge >= 0.3 is 0 Å². The third-order valence-electron chi connectivity index (χ3n) is 5.77. The Balaban J connectivity index is 1.45. The van der Waals surface area contributed by atoms with E-state index in [-0.39, 0.29) is 11.8 Å². The van der Waals surface area contributed by atoms with Crippen molar-refractivity contribution in [3.05, 3.63) is 53.5 Å². The Morgan fingerprint density at radius 2 is 2.25 bits per heavy atom. The van der Waals surface area contributed by atoms with Gasteiger partial charge in [-0.25, -0.2) is 4.98 Å². The molecule has 0 aliphatic carbocycles. The number of anilines is 1. The number of fused-ring (bicyclic) bond motifs is 4. The van der Waals surface area contributed by atoms with Gasteiger partial charge in [-0.1, -0.05) is 0 Å². The zero-order valence-electron chi connectivity index (χ0n) is 18.2. The van der Waals surface area contributed by atoms with Gasteiger partial charge in [0.1, 0.15) is 23.6 Å². The summed E-state index contributed by atoms with van der Waals surface area (Å²) in [4.78, 5) is 25.0. The van der Waals surface area contributed by atoms with Gasteiger partial charge in [0.25, 0.3) is 5.91 Å². The Morgan fingerprint density at radius 1 is 1.41 bits per heavy atom. The number of rotatable bonds is 6. The number of H-pyrrole nitrogens is 1. The van der Waals surface area contributed by atoms with Crippen LogP contribution in [-0.4, -0.2) is 60.4 Å². The van der Waals surface area contributed by atoms with Crippen molar-refractivity contribution >= 4 is 45.2 Å². The van der Waals surface area contributed by atoms with E-state index in [1.165, 1.54) is 0 Å². The van der Waals surface area contributed by atoms with E-state index >= 15 is 0 Å². The second-order valence-electron chi connectivity index (χ2n) is 8.35. The number of carbonyl (C=O) groups is 1. The van der Waals surface area contributed by atoms with Crippen LogP contribution in [0.4, 0.5) is 5.69 Å². The monoisotopic (exact) mass is 451 g/mol. The van der Waals surface area contributed by atoms with Crippen LogP contribution in [-0.2, 0) is 0 Å². The molecule has 3 heterocycles. The van der Waals surface area contributed by atoms with Gasteiger partial charge < -0.3 is 23.9 Å². The standard InChI is InChI=1S/C24H24ClN4O3/c1-14-26-23-21(32-14)7-6-20-22(23)16(12-25)13-29(20)24(30)19-11-15-10-17(4-5-18(15)27-19)31-9-8-28(2)3/h4-6,10-11,16,27H,8-9,12-13H2,1-3H3. The van der Waals surface area contributed by atoms with E-state index in [2.05, 4.69) is 20.9 Å². The first-order valence-electron chi connectivity index (χ1n) is 10.5. The molecule has 32 heavy (non-hydrogen) atoms. The van der Waals surface area contributed by atoms with Gasteiger partial charge in [-0.3, -0.25) is 4.79 Å². The third kappa shape index (κ3) is 3.61. The predicted molar refractivity (Wildman–Crippen MR) is 125 cm³/mol. The molecular formula is C24H24ClN4O3. The first kappa shape index (κ1) is 20.8. The molecule has 4 aromatic rings. The number of aryl methyl sites for hydroxylation is 1. The van der Waals surface area contributed by atoms with Crippen LogP contribution in [0.3, 0.4) is 0 Å². The number of amides is 1. The van der Waals surface area contributed by atoms with Gasteiger partial charge in [0.15, 0.2) is 11.5 Å². The summed E-state index contributed by atoms with van der Waals surface area (Å²) in [6.07, 6.45) is 0. The summed E-state index contributed by atoms with van der Waals surface area (Å²) in [7, 11) is 4.02. The van der Waals surface area contributed by atoms with Crippen LogP contribution in [0, 0.1) is 13.0 Å². The van der Waals surface area contributed by atoms with Crippen LogP contribution in [0.2, 0.25) is 0 Å². The highest BCUT2D eigenvalue weighted by atomic mass is 35.5. The van der Waals surface area contributed by atoms with Gasteiger partial charge in [0.05, 0.1) is 5.69 Å². The quantitative estimate of drug-likeness (QED) is 0.441. The molecule has 2 aromatic heterocycles. The number of benzene rings is 2. The largest absolute Gasteiger partial charge is 0.492 e. The van der Waals surface area contributed by atoms with E-state index < -0.39 is 0 Å². The number of halogens is 1. The molecule has 1 amide bonds. The van der Waals surface area contributed by atoms with Crippen LogP contribution in [0.1, 0.15) is 27.9 Å². The summed E-state index contributed by atoms with van der Waals surface area (Å²) in [5.41, 5.74) is 4.47. The summed E-state index contributed by atoms with van der Waals surface area (Å²) in [6, 6.07) is 12.6. The Morgan fingerprint density at radius 3 is 3.03 bits per heavy atom. The van der Waals surface area contributed by atoms with Gasteiger partial charge in [-0.15, -0.1) is 11.6 Å². The number of likely N-dealkylation sites (N-methyl/N-ethyl adjacent to an activating group) is 1. The normalized spacial score (nSPS) is 15.8. The summed E-state index contributed by atoms with van der Waals surface area (Å²) in [5.74, 6) is 1.62. The molecule has 0 saturated carbocycles. The number of nitrogens with zero attached hydrogens (tertiary/aromatic N) is 3. The van der Waals surface area contributed by atoms with Gasteiger partial charge in [-0.2, -0.15) is 0 Å². The average Bonchev–Trinajstić information content (AvgIpc) is 3.45. The van der Waals surface area contributed by atoms with Crippen LogP contribution in [0.25, 0.3) is 22.0 Å². The van der Waals surface area contributed by atoms with Crippen molar-refractivity contribution in [3.63, 3.8) is 0 Å². The van der Waals surface area contributed by atoms with Crippen LogP contribution in [0.15, 0.2) is 34.7 Å². The zero-order valence-corrected chi connectivity index (χ0v) is 19.0. The van der Waals surface area contributed by atoms with E-state index in [1.54, 1.807) is 17.9 Å². The number of oxazole rings is 1. The minimum atomic E-state index is -0.113. The Hall–Kier alpha value is -3.03. The summed E-state index contributed by atoms with van der Waals surface area (Å²) in [5, 5.41) is 0.929. The van der Waals surface area contributed by atoms with E-state index in [0.717, 1.165) is 40.0 Å². The van der Waals surface area contributed by atoms with Gasteiger partial charge in [0, 0.05) is 54.3 Å². The fraction of sp³-hybridized carbons (Fsp3) is 0.333. The maximum absolute atomic E-state index is 13.5. The van der Waals surface area contributed by atoms with Crippen molar-refractivity contribution in [1.29, 1.82) is 0 Å². The van der Waals surface area contributed by atoms with Crippen molar-refractivity contribution in [1.82, 2.24) is 14.9 Å². The number of carbonyl (C=O) groups excluding carboxylic acids is 1. The number of aromatic amines is 1. The maximum Gasteiger partial charge on any atom is 0.274 e. The summed E-state index contributed by atoms with van der Waals surface area (Å²) < 4.78 is 11.5. The lowest BCUT2D eigenvalue weighted by molar-refractivity contribution is 0.0984. The van der Waals surface area contributed by atoms with Crippen molar-refractivity contribution in [3.8, 4) is 5.75 Å². The van der Waals surface area contributed by atoms with Crippen molar-refractivity contribution in [2.45, 2.75) is 12.8 Å². The lowest BCUT2D eigenvalue weighted by atomic mass is 10.0. The van der Waals surface area contributed by atoms with Crippen molar-refractivity contribution in [2.24, 2.45) is 0 Å². The third-order valence-corrected chi connectivity index (χ3v) is 6.14. The van der Waals surface area contributed by atoms with Crippen LogP contribution < -0.4 is 9.64 Å². The topological polar surface area (TPSA) is 74.6 Å². The first-order chi connectivity index (χ1) is 15.4. The van der Waals surface area contributed by atoms with E-state index in [4.69, 9.17) is 20.8 Å². The highest BCUT2D eigenvalue weighted by molar-refractivity contribution is 6.19. The molecule has 165 valence electrons. The number of hydrogen-bond acceptors (Lipinski definition) is 5. The van der Waals surface area contributed by atoms with Crippen molar-refractivity contribution in [2.75, 3.05) is 44.6 Å². The minimum absolute atomic E-state index is 0.0155. The molecule has 8 heteroatoms. The minimum Gasteiger partial charge on any atom is -0.492 e.